The minimum Gasteiger partial charge on any atom is -0.308 e. The normalized spacial score (nSPS) is 13.4. The highest BCUT2D eigenvalue weighted by atomic mass is 32.1. The Balaban J connectivity index is 2.39. The first-order valence-electron chi connectivity index (χ1n) is 6.27. The van der Waals surface area contributed by atoms with Gasteiger partial charge in [0, 0.05) is 5.56 Å². The van der Waals surface area contributed by atoms with E-state index in [9.17, 15) is 17.6 Å². The van der Waals surface area contributed by atoms with Crippen molar-refractivity contribution in [1.82, 2.24) is 15.5 Å². The summed E-state index contributed by atoms with van der Waals surface area (Å²) in [5, 5.41) is 11.5. The lowest BCUT2D eigenvalue weighted by atomic mass is 10.1. The van der Waals surface area contributed by atoms with Gasteiger partial charge in [0.2, 0.25) is 0 Å². The Labute approximate surface area is 123 Å². The van der Waals surface area contributed by atoms with Crippen molar-refractivity contribution >= 4 is 11.3 Å². The molecule has 1 aromatic carbocycles. The zero-order valence-corrected chi connectivity index (χ0v) is 12.1. The fourth-order valence-electron chi connectivity index (χ4n) is 1.83. The van der Waals surface area contributed by atoms with E-state index in [1.165, 1.54) is 6.07 Å². The SMILES string of the molecule is CCNC(C)c1nnc(-c2cccc(C(F)(F)F)c2F)s1. The molecule has 0 saturated heterocycles. The Morgan fingerprint density at radius 2 is 2.00 bits per heavy atom. The van der Waals surface area contributed by atoms with Crippen molar-refractivity contribution in [2.24, 2.45) is 0 Å². The number of nitrogens with one attached hydrogen (secondary N) is 1. The van der Waals surface area contributed by atoms with E-state index in [1.54, 1.807) is 0 Å². The van der Waals surface area contributed by atoms with Crippen LogP contribution in [0.15, 0.2) is 18.2 Å². The predicted molar refractivity (Wildman–Crippen MR) is 72.4 cm³/mol. The summed E-state index contributed by atoms with van der Waals surface area (Å²) in [6.45, 7) is 4.50. The first-order valence-corrected chi connectivity index (χ1v) is 7.09. The number of benzene rings is 1. The average Bonchev–Trinajstić information content (AvgIpc) is 2.87. The number of aromatic nitrogens is 2. The molecule has 1 unspecified atom stereocenters. The molecule has 0 aliphatic rings. The summed E-state index contributed by atoms with van der Waals surface area (Å²) in [6.07, 6.45) is -4.73. The van der Waals surface area contributed by atoms with Crippen LogP contribution in [0.2, 0.25) is 0 Å². The van der Waals surface area contributed by atoms with Gasteiger partial charge in [-0.2, -0.15) is 13.2 Å². The Bertz CT molecular complexity index is 624. The predicted octanol–water partition coefficient (Wildman–Crippen LogP) is 4.03. The van der Waals surface area contributed by atoms with Crippen molar-refractivity contribution in [3.05, 3.63) is 34.6 Å². The third-order valence-electron chi connectivity index (χ3n) is 2.86. The number of hydrogen-bond donors (Lipinski definition) is 1. The van der Waals surface area contributed by atoms with E-state index >= 15 is 0 Å². The summed E-state index contributed by atoms with van der Waals surface area (Å²) in [4.78, 5) is 0. The van der Waals surface area contributed by atoms with Crippen molar-refractivity contribution in [2.45, 2.75) is 26.1 Å². The first-order chi connectivity index (χ1) is 9.84. The third kappa shape index (κ3) is 3.38. The van der Waals surface area contributed by atoms with Gasteiger partial charge in [-0.05, 0) is 25.6 Å². The van der Waals surface area contributed by atoms with Crippen LogP contribution in [0, 0.1) is 5.82 Å². The molecular weight excluding hydrogens is 306 g/mol. The number of hydrogen-bond acceptors (Lipinski definition) is 4. The molecule has 1 atom stereocenters. The fourth-order valence-corrected chi connectivity index (χ4v) is 2.72. The summed E-state index contributed by atoms with van der Waals surface area (Å²) >= 11 is 1.08. The summed E-state index contributed by atoms with van der Waals surface area (Å²) in [5.74, 6) is -1.32. The van der Waals surface area contributed by atoms with Crippen molar-refractivity contribution in [3.63, 3.8) is 0 Å². The van der Waals surface area contributed by atoms with Gasteiger partial charge in [0.1, 0.15) is 10.8 Å². The molecule has 0 aliphatic carbocycles. The summed E-state index contributed by atoms with van der Waals surface area (Å²) < 4.78 is 52.1. The molecule has 0 aliphatic heterocycles. The quantitative estimate of drug-likeness (QED) is 0.865. The van der Waals surface area contributed by atoms with Gasteiger partial charge >= 0.3 is 6.18 Å². The minimum atomic E-state index is -4.73. The Morgan fingerprint density at radius 3 is 2.62 bits per heavy atom. The van der Waals surface area contributed by atoms with E-state index in [0.717, 1.165) is 17.4 Å². The lowest BCUT2D eigenvalue weighted by Crippen LogP contribution is -2.17. The van der Waals surface area contributed by atoms with E-state index in [0.29, 0.717) is 17.6 Å². The lowest BCUT2D eigenvalue weighted by molar-refractivity contribution is -0.139. The first kappa shape index (κ1) is 15.8. The third-order valence-corrected chi connectivity index (χ3v) is 4.00. The van der Waals surface area contributed by atoms with Crippen LogP contribution in [0.5, 0.6) is 0 Å². The topological polar surface area (TPSA) is 37.8 Å². The highest BCUT2D eigenvalue weighted by Crippen LogP contribution is 2.36. The van der Waals surface area contributed by atoms with Gasteiger partial charge < -0.3 is 5.32 Å². The molecule has 1 N–H and O–H groups in total. The number of alkyl halides is 3. The van der Waals surface area contributed by atoms with Crippen molar-refractivity contribution in [3.8, 4) is 10.6 Å². The van der Waals surface area contributed by atoms with Gasteiger partial charge in [0.25, 0.3) is 0 Å². The second-order valence-corrected chi connectivity index (χ2v) is 5.40. The van der Waals surface area contributed by atoms with Crippen molar-refractivity contribution in [2.75, 3.05) is 6.54 Å². The van der Waals surface area contributed by atoms with Crippen LogP contribution in [-0.2, 0) is 6.18 Å². The molecule has 1 aromatic heterocycles. The fraction of sp³-hybridized carbons (Fsp3) is 0.385. The maximum atomic E-state index is 14.0. The van der Waals surface area contributed by atoms with Gasteiger partial charge in [0.05, 0.1) is 11.6 Å². The van der Waals surface area contributed by atoms with Crippen LogP contribution < -0.4 is 5.32 Å². The highest BCUT2D eigenvalue weighted by molar-refractivity contribution is 7.14. The highest BCUT2D eigenvalue weighted by Gasteiger charge is 2.35. The Hall–Kier alpha value is -1.54. The molecule has 0 spiro atoms. The molecule has 0 fully saturated rings. The van der Waals surface area contributed by atoms with E-state index in [1.807, 2.05) is 13.8 Å². The second-order valence-electron chi connectivity index (χ2n) is 4.39. The van der Waals surface area contributed by atoms with E-state index in [4.69, 9.17) is 0 Å². The van der Waals surface area contributed by atoms with Crippen LogP contribution in [0.25, 0.3) is 10.6 Å². The van der Waals surface area contributed by atoms with Crippen molar-refractivity contribution < 1.29 is 17.6 Å². The van der Waals surface area contributed by atoms with Gasteiger partial charge in [-0.25, -0.2) is 4.39 Å². The molecule has 0 amide bonds. The maximum absolute atomic E-state index is 14.0. The van der Waals surface area contributed by atoms with Gasteiger partial charge in [-0.3, -0.25) is 0 Å². The number of halogens is 4. The van der Waals surface area contributed by atoms with Crippen LogP contribution in [0.1, 0.15) is 30.5 Å². The average molecular weight is 319 g/mol. The van der Waals surface area contributed by atoms with Crippen LogP contribution in [-0.4, -0.2) is 16.7 Å². The molecule has 1 heterocycles. The monoisotopic (exact) mass is 319 g/mol. The Morgan fingerprint density at radius 1 is 1.29 bits per heavy atom. The summed E-state index contributed by atoms with van der Waals surface area (Å²) in [6, 6.07) is 3.06. The minimum absolute atomic E-state index is 0.0879. The zero-order valence-electron chi connectivity index (χ0n) is 11.3. The smallest absolute Gasteiger partial charge is 0.308 e. The van der Waals surface area contributed by atoms with Gasteiger partial charge in [-0.15, -0.1) is 10.2 Å². The molecule has 8 heteroatoms. The summed E-state index contributed by atoms with van der Waals surface area (Å²) in [7, 11) is 0. The molecule has 2 rings (SSSR count). The van der Waals surface area contributed by atoms with Crippen LogP contribution >= 0.6 is 11.3 Å². The van der Waals surface area contributed by atoms with Crippen LogP contribution in [0.3, 0.4) is 0 Å². The van der Waals surface area contributed by atoms with E-state index in [-0.39, 0.29) is 16.6 Å². The standard InChI is InChI=1S/C13H13F4N3S/c1-3-18-7(2)11-19-20-12(21-11)8-5-4-6-9(10(8)14)13(15,16)17/h4-7,18H,3H2,1-2H3. The maximum Gasteiger partial charge on any atom is 0.419 e. The van der Waals surface area contributed by atoms with Gasteiger partial charge in [0.15, 0.2) is 5.01 Å². The molecule has 0 radical (unpaired) electrons. The van der Waals surface area contributed by atoms with E-state index in [2.05, 4.69) is 15.5 Å². The molecule has 114 valence electrons. The van der Waals surface area contributed by atoms with E-state index < -0.39 is 17.6 Å². The molecule has 0 saturated carbocycles. The Kier molecular flexibility index (Phi) is 4.58. The zero-order chi connectivity index (χ0) is 15.6. The second kappa shape index (κ2) is 6.07. The summed E-state index contributed by atoms with van der Waals surface area (Å²) in [5.41, 5.74) is -1.48. The molecule has 0 bridgehead atoms. The number of rotatable bonds is 4. The largest absolute Gasteiger partial charge is 0.419 e. The van der Waals surface area contributed by atoms with Gasteiger partial charge in [-0.1, -0.05) is 24.3 Å². The van der Waals surface area contributed by atoms with Crippen molar-refractivity contribution in [1.29, 1.82) is 0 Å². The molecular formula is C13H13F4N3S. The molecule has 2 aromatic rings. The lowest BCUT2D eigenvalue weighted by Gasteiger charge is -2.09. The molecule has 21 heavy (non-hydrogen) atoms. The molecule has 3 nitrogen and oxygen atoms in total. The van der Waals surface area contributed by atoms with Crippen LogP contribution in [0.4, 0.5) is 17.6 Å². The number of nitrogens with zero attached hydrogens (tertiary/aromatic N) is 2.